The molecule has 5 aliphatic rings. The van der Waals surface area contributed by atoms with Crippen molar-refractivity contribution in [2.45, 2.75) is 128 Å². The van der Waals surface area contributed by atoms with Crippen LogP contribution in [0.15, 0.2) is 6.08 Å². The van der Waals surface area contributed by atoms with Gasteiger partial charge in [0.15, 0.2) is 11.6 Å². The molecule has 4 nitrogen and oxygen atoms in total. The molecule has 5 atom stereocenters. The van der Waals surface area contributed by atoms with Gasteiger partial charge in [0.05, 0.1) is 12.7 Å². The Morgan fingerprint density at radius 3 is 1.90 bits per heavy atom. The monoisotopic (exact) mass is 683 g/mol. The Balaban J connectivity index is 0.000000369. The molecule has 3 saturated heterocycles. The molecule has 0 unspecified atom stereocenters. The van der Waals surface area contributed by atoms with Gasteiger partial charge >= 0.3 is 37.9 Å². The van der Waals surface area contributed by atoms with E-state index in [4.69, 9.17) is 36.0 Å². The molecule has 5 rings (SSSR count). The van der Waals surface area contributed by atoms with Crippen LogP contribution < -0.4 is 0 Å². The Morgan fingerprint density at radius 1 is 0.878 bits per heavy atom. The van der Waals surface area contributed by atoms with Crippen LogP contribution in [0.25, 0.3) is 0 Å². The van der Waals surface area contributed by atoms with E-state index in [1.54, 1.807) is 0 Å². The summed E-state index contributed by atoms with van der Waals surface area (Å²) < 4.78 is 26.3. The van der Waals surface area contributed by atoms with Crippen LogP contribution in [0, 0.1) is 76.2 Å². The topological polar surface area (TPSA) is 36.9 Å². The van der Waals surface area contributed by atoms with Crippen molar-refractivity contribution in [1.29, 1.82) is 0 Å². The maximum absolute atomic E-state index is 6.94. The second-order valence-electron chi connectivity index (χ2n) is 11.1. The van der Waals surface area contributed by atoms with Crippen molar-refractivity contribution in [3.63, 3.8) is 0 Å². The fourth-order valence-electron chi connectivity index (χ4n) is 5.85. The van der Waals surface area contributed by atoms with Gasteiger partial charge in [-0.3, -0.25) is 6.08 Å². The first-order valence-corrected chi connectivity index (χ1v) is 21.7. The van der Waals surface area contributed by atoms with Crippen LogP contribution in [-0.4, -0.2) is 36.0 Å². The molecule has 3 aliphatic heterocycles. The Labute approximate surface area is 272 Å². The molecular formula is C34H51Cl2O4Zr-. The van der Waals surface area contributed by atoms with Crippen LogP contribution in [0.5, 0.6) is 0 Å². The summed E-state index contributed by atoms with van der Waals surface area (Å²) in [6.45, 7) is 11.4. The van der Waals surface area contributed by atoms with E-state index in [-0.39, 0.29) is 17.8 Å². The molecule has 5 fully saturated rings. The molecule has 0 N–H and O–H groups in total. The Kier molecular flexibility index (Phi) is 19.5. The number of allylic oxidation sites excluding steroid dienone is 1. The van der Waals surface area contributed by atoms with Gasteiger partial charge in [0.25, 0.3) is 0 Å². The third kappa shape index (κ3) is 12.4. The summed E-state index contributed by atoms with van der Waals surface area (Å²) >= 11 is -0.826. The van der Waals surface area contributed by atoms with Crippen molar-refractivity contribution in [1.82, 2.24) is 0 Å². The zero-order valence-corrected chi connectivity index (χ0v) is 29.7. The average molecular weight is 686 g/mol. The Hall–Kier alpha value is 1.04. The third-order valence-electron chi connectivity index (χ3n) is 8.44. The molecule has 0 aromatic carbocycles. The van der Waals surface area contributed by atoms with Crippen molar-refractivity contribution >= 4 is 17.0 Å². The van der Waals surface area contributed by atoms with E-state index >= 15 is 0 Å². The van der Waals surface area contributed by atoms with Crippen molar-refractivity contribution < 1.29 is 39.8 Å². The predicted molar refractivity (Wildman–Crippen MR) is 166 cm³/mol. The zero-order chi connectivity index (χ0) is 30.0. The first-order chi connectivity index (χ1) is 19.9. The first kappa shape index (κ1) is 38.2. The molecule has 0 amide bonds. The molecule has 0 aromatic heterocycles. The van der Waals surface area contributed by atoms with Crippen molar-refractivity contribution in [2.24, 2.45) is 5.92 Å². The average Bonchev–Trinajstić information content (AvgIpc) is 3.83. The number of halogens is 2. The van der Waals surface area contributed by atoms with Gasteiger partial charge < -0.3 is 25.0 Å². The summed E-state index contributed by atoms with van der Waals surface area (Å²) in [6.07, 6.45) is 35.6. The van der Waals surface area contributed by atoms with Crippen LogP contribution in [0.1, 0.15) is 98.8 Å². The summed E-state index contributed by atoms with van der Waals surface area (Å²) in [4.78, 5) is 0. The summed E-state index contributed by atoms with van der Waals surface area (Å²) in [5, 5.41) is 0. The summed E-state index contributed by atoms with van der Waals surface area (Å²) in [5.41, 5.74) is -0.278. The molecule has 0 bridgehead atoms. The number of unbranched alkanes of at least 4 members (excludes halogenated alkanes) is 1. The normalized spacial score (nSPS) is 34.0. The number of hydrogen-bond acceptors (Lipinski definition) is 4. The molecule has 1 spiro atoms. The molecule has 3 heterocycles. The van der Waals surface area contributed by atoms with E-state index in [2.05, 4.69) is 39.8 Å². The third-order valence-corrected chi connectivity index (χ3v) is 8.44. The standard InChI is InChI=1S/C24H41O4.2C5H5.2ClH.Zr/c1-6-10-12-20-19(5)13-15-24(26-20)17-16-22(28-24,14-11-7-2)21-18-25-23(8-3,9-4)27-21;2*1-2-4-5-3-1;;;/h10,19-21H,7-9,11-18H2,1-5H3;2*1-5H;2*1H;/q-1;;;;;+2/p-2/t19-,20+,21-,22+,24-;;;;;/m0...../s1. The van der Waals surface area contributed by atoms with Crippen LogP contribution in [-0.2, 0) is 39.8 Å². The van der Waals surface area contributed by atoms with Crippen LogP contribution in [0.4, 0.5) is 0 Å². The maximum atomic E-state index is 6.94. The second kappa shape index (κ2) is 21.0. The van der Waals surface area contributed by atoms with E-state index in [9.17, 15) is 0 Å². The second-order valence-corrected chi connectivity index (χ2v) is 14.8. The summed E-state index contributed by atoms with van der Waals surface area (Å²) in [5.74, 6) is -0.322. The molecule has 7 heteroatoms. The zero-order valence-electron chi connectivity index (χ0n) is 25.8. The van der Waals surface area contributed by atoms with Gasteiger partial charge in [0.1, 0.15) is 11.7 Å². The number of hydrogen-bond donors (Lipinski definition) is 0. The van der Waals surface area contributed by atoms with Gasteiger partial charge in [0, 0.05) is 12.8 Å². The van der Waals surface area contributed by atoms with E-state index < -0.39 is 32.4 Å². The number of rotatable bonds is 8. The summed E-state index contributed by atoms with van der Waals surface area (Å²) in [6, 6.07) is 0. The van der Waals surface area contributed by atoms with Gasteiger partial charge in [0.2, 0.25) is 0 Å². The van der Waals surface area contributed by atoms with Gasteiger partial charge in [-0.2, -0.15) is 6.92 Å². The minimum absolute atomic E-state index is 0.00333. The Bertz CT molecular complexity index is 673. The van der Waals surface area contributed by atoms with E-state index in [0.717, 1.165) is 64.2 Å². The van der Waals surface area contributed by atoms with Gasteiger partial charge in [-0.15, -0.1) is 0 Å². The molecule has 0 aromatic rings. The van der Waals surface area contributed by atoms with Crippen molar-refractivity contribution in [2.75, 3.05) is 6.61 Å². The minimum atomic E-state index is -0.826. The van der Waals surface area contributed by atoms with Crippen LogP contribution in [0.3, 0.4) is 0 Å². The van der Waals surface area contributed by atoms with E-state index in [0.29, 0.717) is 12.5 Å². The molecular weight excluding hydrogens is 635 g/mol. The molecule has 230 valence electrons. The van der Waals surface area contributed by atoms with Gasteiger partial charge in [-0.1, -0.05) is 40.5 Å². The van der Waals surface area contributed by atoms with Crippen molar-refractivity contribution in [3.05, 3.63) is 76.4 Å². The van der Waals surface area contributed by atoms with Crippen molar-refractivity contribution in [3.8, 4) is 0 Å². The Morgan fingerprint density at radius 2 is 1.44 bits per heavy atom. The van der Waals surface area contributed by atoms with Crippen LogP contribution >= 0.6 is 17.0 Å². The fraction of sp³-hybridized carbons (Fsp3) is 0.647. The van der Waals surface area contributed by atoms with E-state index in [1.165, 1.54) is 0 Å². The predicted octanol–water partition coefficient (Wildman–Crippen LogP) is 9.36. The van der Waals surface area contributed by atoms with Crippen LogP contribution in [0.2, 0.25) is 0 Å². The fourth-order valence-corrected chi connectivity index (χ4v) is 5.85. The molecule has 2 aliphatic carbocycles. The quantitative estimate of drug-likeness (QED) is 0.239. The molecule has 41 heavy (non-hydrogen) atoms. The van der Waals surface area contributed by atoms with E-state index in [1.807, 2.05) is 71.1 Å². The summed E-state index contributed by atoms with van der Waals surface area (Å²) in [7, 11) is 9.87. The molecule has 2 saturated carbocycles. The first-order valence-electron chi connectivity index (χ1n) is 15.4. The van der Waals surface area contributed by atoms with Gasteiger partial charge in [-0.25, -0.2) is 0 Å². The SMILES string of the molecule is C[C-]=CC[C@H]1O[C@]2(CC[C@@H]1C)CC[C@](CCCC)([C@@H]1COC(CC)(CC)O1)O2.[CH]1[CH][CH][CH][CH]1.[CH]1[CH][CH][CH][CH]1.[Cl][Zr][Cl]. The molecule has 10 radical (unpaired) electrons. The number of ether oxygens (including phenoxy) is 4. The van der Waals surface area contributed by atoms with Gasteiger partial charge in [-0.05, 0) is 109 Å².